The molecule has 0 aliphatic rings. The minimum atomic E-state index is -0.179. The number of phenolic OH excluding ortho intramolecular Hbond substituents is 1. The standard InChI is InChI=1S/C15H13Br2NO2/c1-8-3-9(2)5-10(4-8)15(20)18-11-6-12(16)14(19)13(17)7-11/h3-7,19H,1-2H3,(H,18,20). The van der Waals surface area contributed by atoms with Crippen LogP contribution in [0.25, 0.3) is 0 Å². The van der Waals surface area contributed by atoms with Crippen LogP contribution in [0.1, 0.15) is 21.5 Å². The van der Waals surface area contributed by atoms with Gasteiger partial charge in [-0.2, -0.15) is 0 Å². The van der Waals surface area contributed by atoms with E-state index in [2.05, 4.69) is 37.2 Å². The van der Waals surface area contributed by atoms with Crippen molar-refractivity contribution in [1.82, 2.24) is 0 Å². The molecule has 0 saturated carbocycles. The van der Waals surface area contributed by atoms with Crippen molar-refractivity contribution in [2.75, 3.05) is 5.32 Å². The monoisotopic (exact) mass is 397 g/mol. The molecule has 3 nitrogen and oxygen atoms in total. The normalized spacial score (nSPS) is 10.4. The van der Waals surface area contributed by atoms with Gasteiger partial charge in [-0.3, -0.25) is 4.79 Å². The highest BCUT2D eigenvalue weighted by atomic mass is 79.9. The number of hydrogen-bond acceptors (Lipinski definition) is 2. The molecular formula is C15H13Br2NO2. The fourth-order valence-electron chi connectivity index (χ4n) is 1.95. The first-order valence-corrected chi connectivity index (χ1v) is 7.53. The Morgan fingerprint density at radius 2 is 1.50 bits per heavy atom. The zero-order valence-electron chi connectivity index (χ0n) is 11.0. The Morgan fingerprint density at radius 1 is 1.00 bits per heavy atom. The van der Waals surface area contributed by atoms with Crippen LogP contribution in [0.15, 0.2) is 39.3 Å². The summed E-state index contributed by atoms with van der Waals surface area (Å²) in [6, 6.07) is 9.01. The Hall–Kier alpha value is -1.33. The van der Waals surface area contributed by atoms with Crippen molar-refractivity contribution < 1.29 is 9.90 Å². The number of aromatic hydroxyl groups is 1. The summed E-state index contributed by atoms with van der Waals surface area (Å²) in [4.78, 5) is 12.2. The molecule has 0 heterocycles. The summed E-state index contributed by atoms with van der Waals surface area (Å²) in [7, 11) is 0. The topological polar surface area (TPSA) is 49.3 Å². The molecule has 0 aromatic heterocycles. The van der Waals surface area contributed by atoms with Crippen molar-refractivity contribution in [3.05, 3.63) is 56.0 Å². The number of benzene rings is 2. The second-order valence-corrected chi connectivity index (χ2v) is 6.33. The molecule has 0 unspecified atom stereocenters. The van der Waals surface area contributed by atoms with Gasteiger partial charge in [-0.05, 0) is 70.0 Å². The predicted molar refractivity (Wildman–Crippen MR) is 87.4 cm³/mol. The number of amides is 1. The van der Waals surface area contributed by atoms with E-state index in [1.165, 1.54) is 0 Å². The zero-order chi connectivity index (χ0) is 14.9. The van der Waals surface area contributed by atoms with E-state index in [0.717, 1.165) is 11.1 Å². The first-order valence-electron chi connectivity index (χ1n) is 5.94. The SMILES string of the molecule is Cc1cc(C)cc(C(=O)Nc2cc(Br)c(O)c(Br)c2)c1. The second kappa shape index (κ2) is 5.97. The van der Waals surface area contributed by atoms with E-state index >= 15 is 0 Å². The van der Waals surface area contributed by atoms with Crippen LogP contribution in [0.4, 0.5) is 5.69 Å². The second-order valence-electron chi connectivity index (χ2n) is 4.62. The Bertz CT molecular complexity index is 640. The van der Waals surface area contributed by atoms with Gasteiger partial charge in [-0.1, -0.05) is 17.2 Å². The molecule has 2 rings (SSSR count). The van der Waals surface area contributed by atoms with Gasteiger partial charge in [0.1, 0.15) is 5.75 Å². The third kappa shape index (κ3) is 3.41. The molecule has 0 bridgehead atoms. The molecule has 0 radical (unpaired) electrons. The van der Waals surface area contributed by atoms with Gasteiger partial charge in [0.15, 0.2) is 0 Å². The van der Waals surface area contributed by atoms with Gasteiger partial charge < -0.3 is 10.4 Å². The summed E-state index contributed by atoms with van der Waals surface area (Å²) in [6.45, 7) is 3.91. The van der Waals surface area contributed by atoms with Crippen molar-refractivity contribution in [3.8, 4) is 5.75 Å². The number of carbonyl (C=O) groups excluding carboxylic acids is 1. The third-order valence-electron chi connectivity index (χ3n) is 2.76. The van der Waals surface area contributed by atoms with E-state index in [-0.39, 0.29) is 11.7 Å². The number of rotatable bonds is 2. The summed E-state index contributed by atoms with van der Waals surface area (Å²) in [5.41, 5.74) is 3.31. The number of aryl methyl sites for hydroxylation is 2. The lowest BCUT2D eigenvalue weighted by atomic mass is 10.1. The minimum absolute atomic E-state index is 0.106. The first kappa shape index (κ1) is 15.1. The smallest absolute Gasteiger partial charge is 0.255 e. The Labute approximate surface area is 134 Å². The summed E-state index contributed by atoms with van der Waals surface area (Å²) in [5.74, 6) is -0.0734. The molecular weight excluding hydrogens is 386 g/mol. The average molecular weight is 399 g/mol. The van der Waals surface area contributed by atoms with E-state index in [4.69, 9.17) is 0 Å². The molecule has 1 amide bonds. The molecule has 0 aliphatic carbocycles. The highest BCUT2D eigenvalue weighted by Gasteiger charge is 2.10. The molecule has 104 valence electrons. The number of anilines is 1. The molecule has 0 atom stereocenters. The summed E-state index contributed by atoms with van der Waals surface area (Å²) < 4.78 is 1.03. The van der Waals surface area contributed by atoms with Gasteiger partial charge in [0.2, 0.25) is 0 Å². The van der Waals surface area contributed by atoms with E-state index in [9.17, 15) is 9.90 Å². The number of nitrogens with one attached hydrogen (secondary N) is 1. The van der Waals surface area contributed by atoms with Crippen molar-refractivity contribution in [2.45, 2.75) is 13.8 Å². The minimum Gasteiger partial charge on any atom is -0.506 e. The van der Waals surface area contributed by atoms with Crippen molar-refractivity contribution in [3.63, 3.8) is 0 Å². The molecule has 2 N–H and O–H groups in total. The fraction of sp³-hybridized carbons (Fsp3) is 0.133. The molecule has 0 aliphatic heterocycles. The van der Waals surface area contributed by atoms with Gasteiger partial charge in [0.05, 0.1) is 8.95 Å². The molecule has 0 saturated heterocycles. The molecule has 20 heavy (non-hydrogen) atoms. The number of hydrogen-bond donors (Lipinski definition) is 2. The van der Waals surface area contributed by atoms with Crippen LogP contribution < -0.4 is 5.32 Å². The number of halogens is 2. The van der Waals surface area contributed by atoms with E-state index in [0.29, 0.717) is 20.2 Å². The Morgan fingerprint density at radius 3 is 2.00 bits per heavy atom. The summed E-state index contributed by atoms with van der Waals surface area (Å²) in [5, 5.41) is 12.5. The van der Waals surface area contributed by atoms with Crippen LogP contribution in [0, 0.1) is 13.8 Å². The van der Waals surface area contributed by atoms with Crippen LogP contribution in [0.3, 0.4) is 0 Å². The van der Waals surface area contributed by atoms with Crippen LogP contribution in [0.2, 0.25) is 0 Å². The van der Waals surface area contributed by atoms with Crippen molar-refractivity contribution in [2.24, 2.45) is 0 Å². The summed E-state index contributed by atoms with van der Waals surface area (Å²) >= 11 is 6.47. The zero-order valence-corrected chi connectivity index (χ0v) is 14.2. The largest absolute Gasteiger partial charge is 0.506 e. The maximum absolute atomic E-state index is 12.2. The van der Waals surface area contributed by atoms with Crippen molar-refractivity contribution in [1.29, 1.82) is 0 Å². The van der Waals surface area contributed by atoms with Gasteiger partial charge in [0, 0.05) is 11.3 Å². The predicted octanol–water partition coefficient (Wildman–Crippen LogP) is 4.79. The lowest BCUT2D eigenvalue weighted by Crippen LogP contribution is -2.12. The maximum atomic E-state index is 12.2. The third-order valence-corrected chi connectivity index (χ3v) is 3.97. The van der Waals surface area contributed by atoms with Gasteiger partial charge >= 0.3 is 0 Å². The highest BCUT2D eigenvalue weighted by molar-refractivity contribution is 9.11. The maximum Gasteiger partial charge on any atom is 0.255 e. The molecule has 2 aromatic carbocycles. The van der Waals surface area contributed by atoms with E-state index in [1.54, 1.807) is 12.1 Å². The van der Waals surface area contributed by atoms with Crippen LogP contribution in [0.5, 0.6) is 5.75 Å². The van der Waals surface area contributed by atoms with Gasteiger partial charge in [-0.25, -0.2) is 0 Å². The lowest BCUT2D eigenvalue weighted by Gasteiger charge is -2.09. The summed E-state index contributed by atoms with van der Waals surface area (Å²) in [6.07, 6.45) is 0. The fourth-order valence-corrected chi connectivity index (χ4v) is 3.13. The molecule has 5 heteroatoms. The highest BCUT2D eigenvalue weighted by Crippen LogP contribution is 2.35. The van der Waals surface area contributed by atoms with E-state index in [1.807, 2.05) is 32.0 Å². The Balaban J connectivity index is 2.28. The van der Waals surface area contributed by atoms with E-state index < -0.39 is 0 Å². The molecule has 0 spiro atoms. The number of phenols is 1. The van der Waals surface area contributed by atoms with Gasteiger partial charge in [0.25, 0.3) is 5.91 Å². The van der Waals surface area contributed by atoms with Crippen LogP contribution >= 0.6 is 31.9 Å². The number of carbonyl (C=O) groups is 1. The van der Waals surface area contributed by atoms with Gasteiger partial charge in [-0.15, -0.1) is 0 Å². The van der Waals surface area contributed by atoms with Crippen LogP contribution in [-0.2, 0) is 0 Å². The average Bonchev–Trinajstić information content (AvgIpc) is 2.34. The Kier molecular flexibility index (Phi) is 4.50. The molecule has 0 fully saturated rings. The van der Waals surface area contributed by atoms with Crippen molar-refractivity contribution >= 4 is 43.5 Å². The lowest BCUT2D eigenvalue weighted by molar-refractivity contribution is 0.102. The van der Waals surface area contributed by atoms with Crippen LogP contribution in [-0.4, -0.2) is 11.0 Å². The first-order chi connectivity index (χ1) is 9.36. The quantitative estimate of drug-likeness (QED) is 0.714. The molecule has 2 aromatic rings.